The zero-order valence-corrected chi connectivity index (χ0v) is 37.9. The van der Waals surface area contributed by atoms with Crippen LogP contribution in [0.4, 0.5) is 0 Å². The van der Waals surface area contributed by atoms with E-state index in [1.165, 1.54) is 47.5 Å². The summed E-state index contributed by atoms with van der Waals surface area (Å²) in [6.45, 7) is 0. The Morgan fingerprint density at radius 2 is 0.884 bits per heavy atom. The van der Waals surface area contributed by atoms with Crippen molar-refractivity contribution in [1.82, 2.24) is 19.5 Å². The molecule has 69 heavy (non-hydrogen) atoms. The van der Waals surface area contributed by atoms with Crippen molar-refractivity contribution in [3.05, 3.63) is 231 Å². The summed E-state index contributed by atoms with van der Waals surface area (Å²) in [5, 5.41) is 6.91. The first-order chi connectivity index (χ1) is 34.2. The molecule has 4 heterocycles. The second-order valence-electron chi connectivity index (χ2n) is 17.5. The summed E-state index contributed by atoms with van der Waals surface area (Å²) in [5.74, 6) is 1.79. The number of hydrogen-bond donors (Lipinski definition) is 0. The first-order valence-corrected chi connectivity index (χ1v) is 24.0. The number of hydrogen-bond acceptors (Lipinski definition) is 5. The molecule has 0 aliphatic rings. The summed E-state index contributed by atoms with van der Waals surface area (Å²) in [6.07, 6.45) is 0. The minimum absolute atomic E-state index is 0.581. The first kappa shape index (κ1) is 39.2. The molecule has 14 rings (SSSR count). The molecule has 0 atom stereocenters. The standard InChI is InChI=1S/C63H38N4OS/c1-3-16-39(17-4-1)61-64-62(48-24-8-7-22-45(48)47-26-15-31-58-60(47)49-25-10-12-30-57(49)69-58)66-63(65-61)50-27-14-29-56-59(50)52-38-43(33-35-55(52)68-56)41-19-13-18-40(36-41)42-32-34-54-51(37-42)46-23-9-11-28-53(46)67(54)44-20-5-2-6-21-44/h1-38H. The minimum atomic E-state index is 0.581. The van der Waals surface area contributed by atoms with Crippen molar-refractivity contribution >= 4 is 75.3 Å². The smallest absolute Gasteiger partial charge is 0.164 e. The van der Waals surface area contributed by atoms with Crippen LogP contribution in [-0.4, -0.2) is 19.5 Å². The molecule has 0 bridgehead atoms. The van der Waals surface area contributed by atoms with E-state index in [0.29, 0.717) is 17.5 Å². The van der Waals surface area contributed by atoms with Gasteiger partial charge in [0.25, 0.3) is 0 Å². The van der Waals surface area contributed by atoms with Gasteiger partial charge in [0.2, 0.25) is 0 Å². The van der Waals surface area contributed by atoms with E-state index < -0.39 is 0 Å². The topological polar surface area (TPSA) is 56.7 Å². The average molecular weight is 899 g/mol. The Hall–Kier alpha value is -8.97. The SMILES string of the molecule is c1ccc(-c2nc(-c3ccccc3-c3cccc4sc5ccccc5c34)nc(-c3cccc4oc5ccc(-c6cccc(-c7ccc8c(c7)c7ccccc7n8-c7ccccc7)c6)cc5c34)n2)cc1. The maximum absolute atomic E-state index is 6.61. The number of thiophene rings is 1. The van der Waals surface area contributed by atoms with Crippen molar-refractivity contribution in [2.45, 2.75) is 0 Å². The summed E-state index contributed by atoms with van der Waals surface area (Å²) >= 11 is 1.82. The average Bonchev–Trinajstić information content (AvgIpc) is 4.11. The highest BCUT2D eigenvalue weighted by Gasteiger charge is 2.21. The van der Waals surface area contributed by atoms with E-state index >= 15 is 0 Å². The number of para-hydroxylation sites is 2. The van der Waals surface area contributed by atoms with Gasteiger partial charge in [-0.1, -0.05) is 164 Å². The summed E-state index contributed by atoms with van der Waals surface area (Å²) in [4.78, 5) is 15.9. The monoisotopic (exact) mass is 898 g/mol. The lowest BCUT2D eigenvalue weighted by molar-refractivity contribution is 0.669. The van der Waals surface area contributed by atoms with Gasteiger partial charge in [-0.2, -0.15) is 0 Å². The van der Waals surface area contributed by atoms with Crippen LogP contribution in [0.3, 0.4) is 0 Å². The van der Waals surface area contributed by atoms with E-state index in [1.54, 1.807) is 0 Å². The molecule has 0 unspecified atom stereocenters. The Bertz CT molecular complexity index is 4320. The normalized spacial score (nSPS) is 11.8. The molecular formula is C63H38N4OS. The van der Waals surface area contributed by atoms with Crippen molar-refractivity contribution < 1.29 is 4.42 Å². The molecule has 0 N–H and O–H groups in total. The van der Waals surface area contributed by atoms with Gasteiger partial charge in [0.1, 0.15) is 11.2 Å². The van der Waals surface area contributed by atoms with E-state index in [9.17, 15) is 0 Å². The molecule has 0 fully saturated rings. The highest BCUT2D eigenvalue weighted by Crippen LogP contribution is 2.44. The fourth-order valence-corrected chi connectivity index (χ4v) is 11.5. The Labute approximate surface area is 400 Å². The summed E-state index contributed by atoms with van der Waals surface area (Å²) < 4.78 is 11.5. The third-order valence-corrected chi connectivity index (χ3v) is 14.6. The molecule has 0 radical (unpaired) electrons. The fraction of sp³-hybridized carbons (Fsp3) is 0. The van der Waals surface area contributed by atoms with Gasteiger partial charge in [0.15, 0.2) is 17.5 Å². The lowest BCUT2D eigenvalue weighted by Gasteiger charge is -2.13. The number of nitrogens with zero attached hydrogens (tertiary/aromatic N) is 4. The zero-order valence-electron chi connectivity index (χ0n) is 37.0. The molecule has 6 heteroatoms. The second kappa shape index (κ2) is 15.8. The van der Waals surface area contributed by atoms with Gasteiger partial charge in [0, 0.05) is 64.1 Å². The largest absolute Gasteiger partial charge is 0.456 e. The Morgan fingerprint density at radius 1 is 0.319 bits per heavy atom. The summed E-state index contributed by atoms with van der Waals surface area (Å²) in [7, 11) is 0. The van der Waals surface area contributed by atoms with E-state index in [2.05, 4.69) is 205 Å². The van der Waals surface area contributed by atoms with E-state index in [1.807, 2.05) is 41.7 Å². The van der Waals surface area contributed by atoms with Crippen molar-refractivity contribution in [3.63, 3.8) is 0 Å². The molecular weight excluding hydrogens is 861 g/mol. The Balaban J connectivity index is 0.905. The van der Waals surface area contributed by atoms with Crippen LogP contribution in [0, 0.1) is 0 Å². The van der Waals surface area contributed by atoms with Gasteiger partial charge in [0.05, 0.1) is 11.0 Å². The molecule has 10 aromatic carbocycles. The van der Waals surface area contributed by atoms with Gasteiger partial charge >= 0.3 is 0 Å². The van der Waals surface area contributed by atoms with Crippen LogP contribution in [0.25, 0.3) is 137 Å². The summed E-state index contributed by atoms with van der Waals surface area (Å²) in [6, 6.07) is 81.5. The van der Waals surface area contributed by atoms with Crippen LogP contribution >= 0.6 is 11.3 Å². The van der Waals surface area contributed by atoms with Gasteiger partial charge in [-0.25, -0.2) is 15.0 Å². The number of rotatable bonds is 7. The van der Waals surface area contributed by atoms with Crippen LogP contribution < -0.4 is 0 Å². The number of fused-ring (bicyclic) bond motifs is 9. The van der Waals surface area contributed by atoms with Crippen LogP contribution in [0.2, 0.25) is 0 Å². The van der Waals surface area contributed by atoms with E-state index in [4.69, 9.17) is 19.4 Å². The molecule has 0 saturated carbocycles. The molecule has 0 aliphatic heterocycles. The molecule has 5 nitrogen and oxygen atoms in total. The molecule has 14 aromatic rings. The number of furan rings is 1. The molecule has 0 aliphatic carbocycles. The first-order valence-electron chi connectivity index (χ1n) is 23.2. The van der Waals surface area contributed by atoms with Gasteiger partial charge in [-0.3, -0.25) is 0 Å². The van der Waals surface area contributed by atoms with Crippen LogP contribution in [-0.2, 0) is 0 Å². The predicted molar refractivity (Wildman–Crippen MR) is 287 cm³/mol. The lowest BCUT2D eigenvalue weighted by atomic mass is 9.95. The third-order valence-electron chi connectivity index (χ3n) is 13.5. The molecule has 0 amide bonds. The molecule has 322 valence electrons. The van der Waals surface area contributed by atoms with Crippen LogP contribution in [0.5, 0.6) is 0 Å². The molecule has 4 aromatic heterocycles. The number of aromatic nitrogens is 4. The summed E-state index contributed by atoms with van der Waals surface area (Å²) in [5.41, 5.74) is 14.6. The van der Waals surface area contributed by atoms with Gasteiger partial charge < -0.3 is 8.98 Å². The quantitative estimate of drug-likeness (QED) is 0.160. The maximum Gasteiger partial charge on any atom is 0.164 e. The lowest BCUT2D eigenvalue weighted by Crippen LogP contribution is -2.01. The van der Waals surface area contributed by atoms with Gasteiger partial charge in [-0.05, 0) is 100 Å². The van der Waals surface area contributed by atoms with Crippen molar-refractivity contribution in [3.8, 4) is 73.2 Å². The van der Waals surface area contributed by atoms with Crippen LogP contribution in [0.1, 0.15) is 0 Å². The highest BCUT2D eigenvalue weighted by atomic mass is 32.1. The Morgan fingerprint density at radius 3 is 1.72 bits per heavy atom. The zero-order chi connectivity index (χ0) is 45.4. The number of benzene rings is 10. The predicted octanol–water partition coefficient (Wildman–Crippen LogP) is 17.2. The second-order valence-corrected chi connectivity index (χ2v) is 18.6. The van der Waals surface area contributed by atoms with E-state index in [0.717, 1.165) is 72.1 Å². The fourth-order valence-electron chi connectivity index (χ4n) is 10.3. The molecule has 0 spiro atoms. The highest BCUT2D eigenvalue weighted by molar-refractivity contribution is 7.25. The maximum atomic E-state index is 6.61. The minimum Gasteiger partial charge on any atom is -0.456 e. The van der Waals surface area contributed by atoms with Crippen LogP contribution in [0.15, 0.2) is 235 Å². The van der Waals surface area contributed by atoms with Crippen molar-refractivity contribution in [1.29, 1.82) is 0 Å². The van der Waals surface area contributed by atoms with E-state index in [-0.39, 0.29) is 0 Å². The van der Waals surface area contributed by atoms with Crippen molar-refractivity contribution in [2.24, 2.45) is 0 Å². The third kappa shape index (κ3) is 6.49. The van der Waals surface area contributed by atoms with Gasteiger partial charge in [-0.15, -0.1) is 11.3 Å². The Kier molecular flexibility index (Phi) is 9.00. The van der Waals surface area contributed by atoms with Crippen molar-refractivity contribution in [2.75, 3.05) is 0 Å². The molecule has 0 saturated heterocycles.